The predicted molar refractivity (Wildman–Crippen MR) is 266 cm³/mol. The monoisotopic (exact) mass is 989 g/mol. The van der Waals surface area contributed by atoms with E-state index in [1.54, 1.807) is 26.4 Å². The summed E-state index contributed by atoms with van der Waals surface area (Å²) in [5.74, 6) is -0.895. The van der Waals surface area contributed by atoms with Gasteiger partial charge in [0.25, 0.3) is 10.1 Å². The first-order chi connectivity index (χ1) is 29.8. The molecular formula is C49H88O12S2Si2. The van der Waals surface area contributed by atoms with Crippen LogP contribution in [0.3, 0.4) is 0 Å². The highest BCUT2D eigenvalue weighted by Gasteiger charge is 2.45. The summed E-state index contributed by atoms with van der Waals surface area (Å²) >= 11 is 0. The number of benzene rings is 1. The van der Waals surface area contributed by atoms with Crippen molar-refractivity contribution in [2.75, 3.05) is 32.8 Å². The number of aliphatic hydroxyl groups is 1. The molecule has 1 aromatic carbocycles. The van der Waals surface area contributed by atoms with Gasteiger partial charge in [-0.15, -0.1) is 0 Å². The molecule has 2 saturated heterocycles. The van der Waals surface area contributed by atoms with Gasteiger partial charge >= 0.3 is 0 Å². The van der Waals surface area contributed by atoms with Crippen molar-refractivity contribution in [3.05, 3.63) is 54.1 Å². The van der Waals surface area contributed by atoms with E-state index in [0.717, 1.165) is 30.2 Å². The lowest BCUT2D eigenvalue weighted by atomic mass is 9.86. The summed E-state index contributed by atoms with van der Waals surface area (Å²) in [6.07, 6.45) is 2.75. The fourth-order valence-corrected chi connectivity index (χ4v) is 13.0. The second-order valence-electron chi connectivity index (χ2n) is 21.9. The van der Waals surface area contributed by atoms with Crippen molar-refractivity contribution in [1.29, 1.82) is 0 Å². The van der Waals surface area contributed by atoms with Crippen LogP contribution in [0.5, 0.6) is 0 Å². The third-order valence-corrected chi connectivity index (χ3v) is 26.1. The van der Waals surface area contributed by atoms with Gasteiger partial charge in [0.1, 0.15) is 0 Å². The summed E-state index contributed by atoms with van der Waals surface area (Å²) in [6, 6.07) is 7.07. The Morgan fingerprint density at radius 1 is 0.877 bits per heavy atom. The molecule has 376 valence electrons. The van der Waals surface area contributed by atoms with E-state index >= 15 is 0 Å². The fraction of sp³-hybridized carbons (Fsp3) is 0.796. The number of aliphatic hydroxyl groups excluding tert-OH is 1. The maximum atomic E-state index is 14.1. The zero-order valence-electron chi connectivity index (χ0n) is 42.7. The number of sulfone groups is 1. The summed E-state index contributed by atoms with van der Waals surface area (Å²) in [6.45, 7) is 35.1. The highest BCUT2D eigenvalue weighted by atomic mass is 32.2. The zero-order chi connectivity index (χ0) is 49.3. The second-order valence-corrected chi connectivity index (χ2v) is 35.1. The average molecular weight is 990 g/mol. The van der Waals surface area contributed by atoms with Crippen LogP contribution in [0.25, 0.3) is 0 Å². The van der Waals surface area contributed by atoms with Crippen molar-refractivity contribution in [2.45, 2.75) is 210 Å². The standard InChI is InChI=1S/C49H88O12S2Si2/c1-18-37-19-23-43(24-20-37)63(53,54)33-38-29-41(30-42(61-65(16,17)49(8,9)10)32-57-64(14,15)48(5,6)7)59-46(38)31-44(50)36(4)34(2)27-40(60-62(13,51)52)21-25-45-35(3)28-39(58-45)22-26-47(55-11)56-12/h19-20,23-24,34,38-42,44-47,50H,3-4,18,21-22,25-33H2,1-2,5-17H3/t34-,38-,39-,40+,41-,42?,44?,45-,46-/m0/s1. The van der Waals surface area contributed by atoms with Gasteiger partial charge in [-0.2, -0.15) is 8.42 Å². The molecule has 0 radical (unpaired) electrons. The molecule has 65 heavy (non-hydrogen) atoms. The van der Waals surface area contributed by atoms with Gasteiger partial charge in [0.2, 0.25) is 0 Å². The van der Waals surface area contributed by atoms with Gasteiger partial charge in [-0.1, -0.05) is 80.7 Å². The lowest BCUT2D eigenvalue weighted by molar-refractivity contribution is -0.112. The fourth-order valence-electron chi connectivity index (χ4n) is 8.28. The number of rotatable bonds is 27. The summed E-state index contributed by atoms with van der Waals surface area (Å²) in [7, 11) is -8.70. The molecule has 2 unspecified atom stereocenters. The summed E-state index contributed by atoms with van der Waals surface area (Å²) in [5.41, 5.74) is 2.52. The predicted octanol–water partition coefficient (Wildman–Crippen LogP) is 10.2. The van der Waals surface area contributed by atoms with Gasteiger partial charge in [0, 0.05) is 39.4 Å². The highest BCUT2D eigenvalue weighted by Crippen LogP contribution is 2.42. The SMILES string of the molecule is C=C1C[C@H](CCC(OC)OC)O[C@H]1CC[C@H](C[C@H](C)C(=C)C(O)C[C@@H]1O[C@H](CC(CO[Si](C)(C)C(C)(C)C)O[Si](C)(C)C(C)(C)C)C[C@H]1CS(=O)(=O)c1ccc(CC)cc1)OS(C)(=O)=O. The first-order valence-corrected chi connectivity index (χ1v) is 33.0. The van der Waals surface area contributed by atoms with Crippen LogP contribution in [0.15, 0.2) is 53.5 Å². The molecule has 0 saturated carbocycles. The number of hydrogen-bond acceptors (Lipinski definition) is 12. The molecule has 9 atom stereocenters. The Morgan fingerprint density at radius 3 is 2.02 bits per heavy atom. The topological polar surface area (TPSA) is 153 Å². The first kappa shape index (κ1) is 58.0. The average Bonchev–Trinajstić information content (AvgIpc) is 3.74. The molecule has 0 spiro atoms. The molecule has 0 bridgehead atoms. The Morgan fingerprint density at radius 2 is 1.48 bits per heavy atom. The molecule has 0 aromatic heterocycles. The molecule has 1 N–H and O–H groups in total. The third kappa shape index (κ3) is 17.9. The van der Waals surface area contributed by atoms with Crippen LogP contribution in [0.2, 0.25) is 36.3 Å². The largest absolute Gasteiger partial charge is 0.414 e. The van der Waals surface area contributed by atoms with Crippen molar-refractivity contribution in [2.24, 2.45) is 11.8 Å². The zero-order valence-corrected chi connectivity index (χ0v) is 46.4. The Labute approximate surface area is 397 Å². The summed E-state index contributed by atoms with van der Waals surface area (Å²) < 4.78 is 96.3. The van der Waals surface area contributed by atoms with Crippen LogP contribution in [0, 0.1) is 11.8 Å². The molecule has 2 heterocycles. The number of aryl methyl sites for hydroxylation is 1. The van der Waals surface area contributed by atoms with Crippen molar-refractivity contribution in [3.8, 4) is 0 Å². The Hall–Kier alpha value is -1.29. The van der Waals surface area contributed by atoms with Gasteiger partial charge in [0.15, 0.2) is 32.8 Å². The number of ether oxygens (including phenoxy) is 4. The molecule has 2 aliphatic rings. The maximum Gasteiger partial charge on any atom is 0.264 e. The summed E-state index contributed by atoms with van der Waals surface area (Å²) in [5, 5.41) is 11.8. The van der Waals surface area contributed by atoms with E-state index in [1.807, 2.05) is 26.0 Å². The van der Waals surface area contributed by atoms with Crippen molar-refractivity contribution >= 4 is 36.6 Å². The minimum Gasteiger partial charge on any atom is -0.414 e. The maximum absolute atomic E-state index is 14.1. The molecule has 2 aliphatic heterocycles. The summed E-state index contributed by atoms with van der Waals surface area (Å²) in [4.78, 5) is 0.266. The number of methoxy groups -OCH3 is 2. The molecule has 16 heteroatoms. The van der Waals surface area contributed by atoms with Crippen molar-refractivity contribution in [3.63, 3.8) is 0 Å². The van der Waals surface area contributed by atoms with E-state index in [2.05, 4.69) is 80.9 Å². The smallest absolute Gasteiger partial charge is 0.264 e. The van der Waals surface area contributed by atoms with E-state index in [9.17, 15) is 21.9 Å². The van der Waals surface area contributed by atoms with Gasteiger partial charge in [-0.3, -0.25) is 4.18 Å². The normalized spacial score (nSPS) is 23.5. The minimum absolute atomic E-state index is 0.00719. The Kier molecular flexibility index (Phi) is 21.4. The van der Waals surface area contributed by atoms with Crippen LogP contribution in [-0.4, -0.2) is 120 Å². The van der Waals surface area contributed by atoms with Gasteiger partial charge in [-0.05, 0) is 116 Å². The van der Waals surface area contributed by atoms with Gasteiger partial charge in [-0.25, -0.2) is 8.42 Å². The van der Waals surface area contributed by atoms with E-state index in [-0.39, 0.29) is 70.2 Å². The molecule has 0 amide bonds. The molecular weight excluding hydrogens is 901 g/mol. The molecule has 12 nitrogen and oxygen atoms in total. The Balaban J connectivity index is 1.82. The van der Waals surface area contributed by atoms with Crippen LogP contribution >= 0.6 is 0 Å². The van der Waals surface area contributed by atoms with Crippen LogP contribution in [-0.2, 0) is 58.4 Å². The molecule has 0 aliphatic carbocycles. The molecule has 2 fully saturated rings. The quantitative estimate of drug-likeness (QED) is 0.0386. The molecule has 3 rings (SSSR count). The van der Waals surface area contributed by atoms with Gasteiger partial charge in [0.05, 0.1) is 66.2 Å². The van der Waals surface area contributed by atoms with Crippen molar-refractivity contribution in [1.82, 2.24) is 0 Å². The van der Waals surface area contributed by atoms with E-state index in [4.69, 9.17) is 32.0 Å². The van der Waals surface area contributed by atoms with Crippen LogP contribution in [0.4, 0.5) is 0 Å². The van der Waals surface area contributed by atoms with Gasteiger partial charge < -0.3 is 32.9 Å². The lowest BCUT2D eigenvalue weighted by Crippen LogP contribution is -2.48. The minimum atomic E-state index is -3.81. The van der Waals surface area contributed by atoms with Crippen molar-refractivity contribution < 1.29 is 53.9 Å². The highest BCUT2D eigenvalue weighted by molar-refractivity contribution is 7.91. The first-order valence-electron chi connectivity index (χ1n) is 23.7. The van der Waals surface area contributed by atoms with E-state index < -0.39 is 60.8 Å². The van der Waals surface area contributed by atoms with E-state index in [0.29, 0.717) is 50.7 Å². The lowest BCUT2D eigenvalue weighted by Gasteiger charge is -2.42. The third-order valence-electron chi connectivity index (χ3n) is 14.6. The van der Waals surface area contributed by atoms with Crippen LogP contribution in [0.1, 0.15) is 119 Å². The van der Waals surface area contributed by atoms with E-state index in [1.165, 1.54) is 0 Å². The molecule has 1 aromatic rings. The van der Waals surface area contributed by atoms with Crippen LogP contribution < -0.4 is 0 Å². The Bertz CT molecular complexity index is 1890. The second kappa shape index (κ2) is 24.0. The number of hydrogen-bond donors (Lipinski definition) is 1.